The maximum atomic E-state index is 10.8. The van der Waals surface area contributed by atoms with Crippen LogP contribution in [0.25, 0.3) is 0 Å². The monoisotopic (exact) mass is 304 g/mol. The van der Waals surface area contributed by atoms with Crippen molar-refractivity contribution in [3.05, 3.63) is 24.0 Å². The molecule has 122 valence electrons. The van der Waals surface area contributed by atoms with Crippen molar-refractivity contribution in [3.63, 3.8) is 0 Å². The molecule has 4 rings (SSSR count). The summed E-state index contributed by atoms with van der Waals surface area (Å²) in [6.45, 7) is 4.52. The number of allylic oxidation sites excluding steroid dienone is 3. The van der Waals surface area contributed by atoms with Crippen molar-refractivity contribution in [1.82, 2.24) is 0 Å². The predicted molar refractivity (Wildman–Crippen MR) is 85.1 cm³/mol. The molecule has 2 fully saturated rings. The topological polar surface area (TPSA) is 60.7 Å². The van der Waals surface area contributed by atoms with Crippen molar-refractivity contribution < 1.29 is 15.3 Å². The van der Waals surface area contributed by atoms with Gasteiger partial charge in [0.25, 0.3) is 0 Å². The first kappa shape index (κ1) is 14.8. The molecule has 2 saturated carbocycles. The maximum Gasteiger partial charge on any atom is 0.0922 e. The van der Waals surface area contributed by atoms with E-state index in [2.05, 4.69) is 19.9 Å². The Morgan fingerprint density at radius 3 is 2.64 bits per heavy atom. The summed E-state index contributed by atoms with van der Waals surface area (Å²) in [4.78, 5) is 0. The molecule has 0 radical (unpaired) electrons. The van der Waals surface area contributed by atoms with Crippen molar-refractivity contribution in [2.45, 2.75) is 58.2 Å². The van der Waals surface area contributed by atoms with Gasteiger partial charge >= 0.3 is 0 Å². The Labute approximate surface area is 132 Å². The van der Waals surface area contributed by atoms with Gasteiger partial charge in [-0.1, -0.05) is 26.0 Å². The Balaban J connectivity index is 1.76. The highest BCUT2D eigenvalue weighted by Crippen LogP contribution is 2.64. The van der Waals surface area contributed by atoms with E-state index in [9.17, 15) is 15.3 Å². The number of aliphatic hydroxyl groups excluding tert-OH is 3. The lowest BCUT2D eigenvalue weighted by Gasteiger charge is -2.57. The van der Waals surface area contributed by atoms with Gasteiger partial charge in [-0.05, 0) is 66.8 Å². The van der Waals surface area contributed by atoms with Crippen LogP contribution in [0.5, 0.6) is 0 Å². The Hall–Kier alpha value is -0.800. The fourth-order valence-electron chi connectivity index (χ4n) is 6.22. The zero-order valence-corrected chi connectivity index (χ0v) is 13.6. The second kappa shape index (κ2) is 4.61. The molecule has 3 N–H and O–H groups in total. The summed E-state index contributed by atoms with van der Waals surface area (Å²) in [6, 6.07) is 0. The first-order valence-electron chi connectivity index (χ1n) is 8.82. The molecule has 8 atom stereocenters. The van der Waals surface area contributed by atoms with Gasteiger partial charge in [-0.25, -0.2) is 0 Å². The Kier molecular flexibility index (Phi) is 3.09. The van der Waals surface area contributed by atoms with Crippen molar-refractivity contribution in [1.29, 1.82) is 0 Å². The highest BCUT2D eigenvalue weighted by atomic mass is 16.3. The second-order valence-electron chi connectivity index (χ2n) is 8.60. The molecular formula is C19H28O3. The van der Waals surface area contributed by atoms with Gasteiger partial charge in [-0.15, -0.1) is 0 Å². The lowest BCUT2D eigenvalue weighted by molar-refractivity contribution is -0.0752. The first-order chi connectivity index (χ1) is 10.4. The predicted octanol–water partition coefficient (Wildman–Crippen LogP) is 3.19. The fourth-order valence-corrected chi connectivity index (χ4v) is 6.22. The highest BCUT2D eigenvalue weighted by Gasteiger charge is 2.60. The van der Waals surface area contributed by atoms with Crippen LogP contribution in [-0.2, 0) is 0 Å². The van der Waals surface area contributed by atoms with Crippen LogP contribution in [0.3, 0.4) is 0 Å². The van der Waals surface area contributed by atoms with E-state index in [1.165, 1.54) is 0 Å². The third kappa shape index (κ3) is 1.75. The van der Waals surface area contributed by atoms with E-state index in [0.29, 0.717) is 24.0 Å². The molecule has 0 bridgehead atoms. The Morgan fingerprint density at radius 1 is 1.09 bits per heavy atom. The molecule has 22 heavy (non-hydrogen) atoms. The lowest BCUT2D eigenvalue weighted by Crippen LogP contribution is -2.52. The molecule has 1 unspecified atom stereocenters. The maximum absolute atomic E-state index is 10.8. The summed E-state index contributed by atoms with van der Waals surface area (Å²) in [5.74, 6) is 1.74. The van der Waals surface area contributed by atoms with Gasteiger partial charge in [0, 0.05) is 5.92 Å². The van der Waals surface area contributed by atoms with Gasteiger partial charge in [0.05, 0.1) is 18.0 Å². The Morgan fingerprint density at radius 2 is 1.86 bits per heavy atom. The number of hydrogen-bond acceptors (Lipinski definition) is 3. The third-order valence-corrected chi connectivity index (χ3v) is 7.70. The van der Waals surface area contributed by atoms with Gasteiger partial charge in [0.2, 0.25) is 0 Å². The zero-order valence-electron chi connectivity index (χ0n) is 13.6. The van der Waals surface area contributed by atoms with Gasteiger partial charge in [0.15, 0.2) is 0 Å². The molecule has 0 aliphatic heterocycles. The average molecular weight is 304 g/mol. The summed E-state index contributed by atoms with van der Waals surface area (Å²) in [5, 5.41) is 31.1. The van der Waals surface area contributed by atoms with Crippen LogP contribution in [0.15, 0.2) is 24.0 Å². The summed E-state index contributed by atoms with van der Waals surface area (Å²) in [7, 11) is 0. The molecule has 4 aliphatic carbocycles. The normalized spacial score (nSPS) is 56.8. The molecule has 3 heteroatoms. The summed E-state index contributed by atoms with van der Waals surface area (Å²) in [6.07, 6.45) is 10.3. The Bertz CT molecular complexity index is 539. The van der Waals surface area contributed by atoms with E-state index in [-0.39, 0.29) is 34.9 Å². The summed E-state index contributed by atoms with van der Waals surface area (Å²) >= 11 is 0. The van der Waals surface area contributed by atoms with E-state index in [1.807, 2.05) is 12.2 Å². The molecule has 3 nitrogen and oxygen atoms in total. The number of rotatable bonds is 0. The smallest absolute Gasteiger partial charge is 0.0922 e. The van der Waals surface area contributed by atoms with Crippen LogP contribution in [0.2, 0.25) is 0 Å². The molecule has 0 heterocycles. The van der Waals surface area contributed by atoms with Crippen LogP contribution in [0.1, 0.15) is 46.0 Å². The van der Waals surface area contributed by atoms with Gasteiger partial charge < -0.3 is 15.3 Å². The van der Waals surface area contributed by atoms with Crippen LogP contribution in [0, 0.1) is 34.5 Å². The summed E-state index contributed by atoms with van der Waals surface area (Å²) < 4.78 is 0. The molecule has 0 aromatic carbocycles. The minimum Gasteiger partial charge on any atom is -0.512 e. The van der Waals surface area contributed by atoms with E-state index in [0.717, 1.165) is 25.7 Å². The van der Waals surface area contributed by atoms with Crippen molar-refractivity contribution in [3.8, 4) is 0 Å². The van der Waals surface area contributed by atoms with Gasteiger partial charge in [-0.3, -0.25) is 0 Å². The largest absolute Gasteiger partial charge is 0.512 e. The quantitative estimate of drug-likeness (QED) is 0.602. The highest BCUT2D eigenvalue weighted by molar-refractivity contribution is 5.26. The van der Waals surface area contributed by atoms with Gasteiger partial charge in [-0.2, -0.15) is 0 Å². The van der Waals surface area contributed by atoms with E-state index in [4.69, 9.17) is 0 Å². The van der Waals surface area contributed by atoms with Gasteiger partial charge in [0.1, 0.15) is 0 Å². The number of hydrogen-bond donors (Lipinski definition) is 3. The minimum absolute atomic E-state index is 0.0327. The first-order valence-corrected chi connectivity index (χ1v) is 8.82. The van der Waals surface area contributed by atoms with Crippen molar-refractivity contribution in [2.75, 3.05) is 0 Å². The van der Waals surface area contributed by atoms with Crippen molar-refractivity contribution in [2.24, 2.45) is 34.5 Å². The zero-order chi connectivity index (χ0) is 15.7. The number of aliphatic hydroxyl groups is 3. The van der Waals surface area contributed by atoms with E-state index >= 15 is 0 Å². The van der Waals surface area contributed by atoms with E-state index < -0.39 is 0 Å². The standard InChI is InChI=1S/C19H28O3/c1-18-7-5-12(20)9-11(18)10-15(21)17-13-3-4-16(22)19(13,2)8-6-14(17)18/h5,7,10-14,16-17,20-22H,3-4,6,8-9H2,1-2H3/t11?,12-,13-,14-,16-,17-,18-,19-/m0/s1. The molecule has 0 saturated heterocycles. The lowest BCUT2D eigenvalue weighted by atomic mass is 9.48. The number of fused-ring (bicyclic) bond motifs is 5. The van der Waals surface area contributed by atoms with Crippen molar-refractivity contribution >= 4 is 0 Å². The van der Waals surface area contributed by atoms with Crippen LogP contribution in [-0.4, -0.2) is 27.5 Å². The molecule has 0 spiro atoms. The molecule has 0 aromatic heterocycles. The minimum atomic E-state index is -0.388. The fraction of sp³-hybridized carbons (Fsp3) is 0.789. The average Bonchev–Trinajstić information content (AvgIpc) is 2.77. The molecule has 0 amide bonds. The molecular weight excluding hydrogens is 276 g/mol. The second-order valence-corrected chi connectivity index (χ2v) is 8.60. The molecule has 0 aromatic rings. The summed E-state index contributed by atoms with van der Waals surface area (Å²) in [5.41, 5.74) is -0.00488. The SMILES string of the molecule is C[C@]12CC[C@H]3[C@@H](C(O)=CC4C[C@@H](O)C=C[C@@]43C)[C@@H]1CC[C@@H]2O. The van der Waals surface area contributed by atoms with E-state index in [1.54, 1.807) is 0 Å². The third-order valence-electron chi connectivity index (χ3n) is 7.70. The van der Waals surface area contributed by atoms with Crippen LogP contribution >= 0.6 is 0 Å². The van der Waals surface area contributed by atoms with Crippen LogP contribution in [0.4, 0.5) is 0 Å². The molecule has 4 aliphatic rings. The van der Waals surface area contributed by atoms with Crippen LogP contribution < -0.4 is 0 Å².